The third-order valence-corrected chi connectivity index (χ3v) is 4.55. The average molecular weight is 368 g/mol. The van der Waals surface area contributed by atoms with Crippen LogP contribution in [0.15, 0.2) is 23.6 Å². The van der Waals surface area contributed by atoms with Crippen molar-refractivity contribution in [2.45, 2.75) is 19.8 Å². The van der Waals surface area contributed by atoms with Crippen LogP contribution >= 0.6 is 23.7 Å². The lowest BCUT2D eigenvalue weighted by Gasteiger charge is -2.07. The maximum absolute atomic E-state index is 11.9. The minimum absolute atomic E-state index is 0. The molecule has 0 atom stereocenters. The molecular formula is C17H22ClN3O2S. The van der Waals surface area contributed by atoms with Gasteiger partial charge < -0.3 is 15.4 Å². The topological polar surface area (TPSA) is 63.2 Å². The van der Waals surface area contributed by atoms with Crippen LogP contribution in [0.3, 0.4) is 0 Å². The number of nitrogens with one attached hydrogen (secondary N) is 2. The number of amides is 1. The number of thiazole rings is 1. The summed E-state index contributed by atoms with van der Waals surface area (Å²) in [6.45, 7) is 3.29. The summed E-state index contributed by atoms with van der Waals surface area (Å²) in [5.41, 5.74) is 2.90. The first kappa shape index (κ1) is 18.7. The lowest BCUT2D eigenvalue weighted by Crippen LogP contribution is -2.29. The highest BCUT2D eigenvalue weighted by atomic mass is 35.5. The molecule has 1 aliphatic carbocycles. The van der Waals surface area contributed by atoms with Crippen LogP contribution in [0.5, 0.6) is 5.75 Å². The number of aryl methyl sites for hydroxylation is 1. The van der Waals surface area contributed by atoms with Crippen molar-refractivity contribution in [1.82, 2.24) is 10.3 Å². The number of benzene rings is 1. The van der Waals surface area contributed by atoms with E-state index in [2.05, 4.69) is 15.6 Å². The fraction of sp³-hybridized carbons (Fsp3) is 0.412. The first-order valence-corrected chi connectivity index (χ1v) is 8.65. The molecule has 0 radical (unpaired) electrons. The minimum atomic E-state index is -0.0530. The van der Waals surface area contributed by atoms with Gasteiger partial charge in [0.15, 0.2) is 5.13 Å². The third kappa shape index (κ3) is 4.93. The van der Waals surface area contributed by atoms with Crippen molar-refractivity contribution in [3.05, 3.63) is 29.1 Å². The Morgan fingerprint density at radius 2 is 2.21 bits per heavy atom. The molecule has 5 nitrogen and oxygen atoms in total. The van der Waals surface area contributed by atoms with E-state index in [1.165, 1.54) is 24.2 Å². The molecule has 7 heteroatoms. The van der Waals surface area contributed by atoms with E-state index in [0.717, 1.165) is 35.0 Å². The number of methoxy groups -OCH3 is 1. The van der Waals surface area contributed by atoms with E-state index in [9.17, 15) is 4.79 Å². The summed E-state index contributed by atoms with van der Waals surface area (Å²) in [5, 5.41) is 8.57. The smallest absolute Gasteiger partial charge is 0.240 e. The minimum Gasteiger partial charge on any atom is -0.496 e. The molecule has 1 aromatic heterocycles. The second-order valence-electron chi connectivity index (χ2n) is 5.86. The van der Waals surface area contributed by atoms with Crippen LogP contribution in [0.2, 0.25) is 0 Å². The molecule has 1 saturated carbocycles. The molecule has 0 bridgehead atoms. The first-order valence-electron chi connectivity index (χ1n) is 7.77. The second-order valence-corrected chi connectivity index (χ2v) is 6.72. The second kappa shape index (κ2) is 8.46. The number of carbonyl (C=O) groups excluding carboxylic acids is 1. The van der Waals surface area contributed by atoms with Crippen LogP contribution in [0.25, 0.3) is 11.3 Å². The highest BCUT2D eigenvalue weighted by Gasteiger charge is 2.20. The van der Waals surface area contributed by atoms with E-state index in [-0.39, 0.29) is 18.3 Å². The zero-order valence-electron chi connectivity index (χ0n) is 13.8. The van der Waals surface area contributed by atoms with Crippen LogP contribution in [0.1, 0.15) is 18.4 Å². The Labute approximate surface area is 152 Å². The van der Waals surface area contributed by atoms with Crippen LogP contribution < -0.4 is 15.4 Å². The van der Waals surface area contributed by atoms with Crippen LogP contribution in [0.4, 0.5) is 5.13 Å². The molecule has 1 amide bonds. The highest BCUT2D eigenvalue weighted by Crippen LogP contribution is 2.33. The Bertz CT molecular complexity index is 701. The molecule has 2 N–H and O–H groups in total. The number of ether oxygens (including phenoxy) is 1. The number of carbonyl (C=O) groups is 1. The predicted octanol–water partition coefficient (Wildman–Crippen LogP) is 3.49. The number of hydrogen-bond donors (Lipinski definition) is 2. The van der Waals surface area contributed by atoms with Crippen molar-refractivity contribution < 1.29 is 9.53 Å². The zero-order chi connectivity index (χ0) is 16.2. The number of rotatable bonds is 7. The Balaban J connectivity index is 0.00000208. The van der Waals surface area contributed by atoms with Gasteiger partial charge in [-0.2, -0.15) is 0 Å². The molecule has 3 rings (SSSR count). The van der Waals surface area contributed by atoms with Crippen LogP contribution in [-0.2, 0) is 4.79 Å². The molecule has 1 aromatic carbocycles. The van der Waals surface area contributed by atoms with Crippen molar-refractivity contribution in [3.63, 3.8) is 0 Å². The lowest BCUT2D eigenvalue weighted by molar-refractivity contribution is -0.115. The fourth-order valence-electron chi connectivity index (χ4n) is 2.35. The fourth-order valence-corrected chi connectivity index (χ4v) is 3.08. The maximum atomic E-state index is 11.9. The van der Waals surface area contributed by atoms with Crippen LogP contribution in [0, 0.1) is 12.8 Å². The number of hydrogen-bond acceptors (Lipinski definition) is 5. The average Bonchev–Trinajstić information content (AvgIpc) is 3.24. The molecular weight excluding hydrogens is 346 g/mol. The Morgan fingerprint density at radius 3 is 2.92 bits per heavy atom. The Kier molecular flexibility index (Phi) is 6.60. The standard InChI is InChI=1S/C17H21N3O2S.ClH/c1-11-3-6-15(22-2)13(7-11)14-10-23-17(19-14)20-16(21)9-18-8-12-4-5-12;/h3,6-7,10,12,18H,4-5,8-9H2,1-2H3,(H,19,20,21);1H. The molecule has 1 fully saturated rings. The van der Waals surface area contributed by atoms with Gasteiger partial charge >= 0.3 is 0 Å². The molecule has 130 valence electrons. The van der Waals surface area contributed by atoms with E-state index in [1.807, 2.05) is 30.5 Å². The first-order chi connectivity index (χ1) is 11.2. The molecule has 0 aliphatic heterocycles. The van der Waals surface area contributed by atoms with Crippen molar-refractivity contribution in [2.24, 2.45) is 5.92 Å². The lowest BCUT2D eigenvalue weighted by atomic mass is 10.1. The highest BCUT2D eigenvalue weighted by molar-refractivity contribution is 7.14. The van der Waals surface area contributed by atoms with E-state index in [1.54, 1.807) is 7.11 Å². The van der Waals surface area contributed by atoms with Gasteiger partial charge in [0.05, 0.1) is 19.3 Å². The summed E-state index contributed by atoms with van der Waals surface area (Å²) in [5.74, 6) is 1.50. The number of halogens is 1. The van der Waals surface area contributed by atoms with E-state index >= 15 is 0 Å². The number of nitrogens with zero attached hydrogens (tertiary/aromatic N) is 1. The molecule has 2 aromatic rings. The summed E-state index contributed by atoms with van der Waals surface area (Å²) in [6, 6.07) is 5.98. The monoisotopic (exact) mass is 367 g/mol. The summed E-state index contributed by atoms with van der Waals surface area (Å²) >= 11 is 1.42. The third-order valence-electron chi connectivity index (χ3n) is 3.80. The molecule has 0 spiro atoms. The van der Waals surface area contributed by atoms with Gasteiger partial charge in [-0.3, -0.25) is 4.79 Å². The summed E-state index contributed by atoms with van der Waals surface area (Å²) in [6.07, 6.45) is 2.56. The molecule has 0 saturated heterocycles. The molecule has 0 unspecified atom stereocenters. The van der Waals surface area contributed by atoms with Gasteiger partial charge in [-0.25, -0.2) is 4.98 Å². The summed E-state index contributed by atoms with van der Waals surface area (Å²) < 4.78 is 5.39. The predicted molar refractivity (Wildman–Crippen MR) is 100 cm³/mol. The normalized spacial score (nSPS) is 13.2. The molecule has 1 heterocycles. The van der Waals surface area contributed by atoms with Crippen molar-refractivity contribution in [1.29, 1.82) is 0 Å². The largest absolute Gasteiger partial charge is 0.496 e. The quantitative estimate of drug-likeness (QED) is 0.786. The Morgan fingerprint density at radius 1 is 1.42 bits per heavy atom. The number of aromatic nitrogens is 1. The van der Waals surface area contributed by atoms with Gasteiger partial charge in [0.1, 0.15) is 5.75 Å². The van der Waals surface area contributed by atoms with Gasteiger partial charge in [0, 0.05) is 10.9 Å². The van der Waals surface area contributed by atoms with Crippen molar-refractivity contribution in [2.75, 3.05) is 25.5 Å². The van der Waals surface area contributed by atoms with Crippen molar-refractivity contribution >= 4 is 34.8 Å². The van der Waals surface area contributed by atoms with E-state index < -0.39 is 0 Å². The Hall–Kier alpha value is -1.63. The van der Waals surface area contributed by atoms with Gasteiger partial charge in [0.2, 0.25) is 5.91 Å². The van der Waals surface area contributed by atoms with E-state index in [0.29, 0.717) is 11.7 Å². The van der Waals surface area contributed by atoms with Gasteiger partial charge in [-0.1, -0.05) is 11.6 Å². The maximum Gasteiger partial charge on any atom is 0.240 e. The van der Waals surface area contributed by atoms with Gasteiger partial charge in [-0.05, 0) is 44.4 Å². The van der Waals surface area contributed by atoms with Crippen LogP contribution in [-0.4, -0.2) is 31.1 Å². The molecule has 1 aliphatic rings. The molecule has 24 heavy (non-hydrogen) atoms. The summed E-state index contributed by atoms with van der Waals surface area (Å²) in [7, 11) is 1.65. The van der Waals surface area contributed by atoms with Gasteiger partial charge in [0.25, 0.3) is 0 Å². The number of anilines is 1. The van der Waals surface area contributed by atoms with Crippen molar-refractivity contribution in [3.8, 4) is 17.0 Å². The SMILES string of the molecule is COc1ccc(C)cc1-c1csc(NC(=O)CNCC2CC2)n1.Cl. The van der Waals surface area contributed by atoms with Gasteiger partial charge in [-0.15, -0.1) is 23.7 Å². The summed E-state index contributed by atoms with van der Waals surface area (Å²) in [4.78, 5) is 16.4. The van der Waals surface area contributed by atoms with E-state index in [4.69, 9.17) is 4.74 Å². The zero-order valence-corrected chi connectivity index (χ0v) is 15.4.